The lowest BCUT2D eigenvalue weighted by molar-refractivity contribution is 0.324. The minimum absolute atomic E-state index is 0.633. The highest BCUT2D eigenvalue weighted by Gasteiger charge is 2.03. The molecule has 3 aromatic rings. The van der Waals surface area contributed by atoms with Crippen molar-refractivity contribution < 1.29 is 4.74 Å². The first kappa shape index (κ1) is 17.7. The molecule has 0 aliphatic heterocycles. The fourth-order valence-electron chi connectivity index (χ4n) is 2.60. The van der Waals surface area contributed by atoms with Gasteiger partial charge in [0, 0.05) is 12.2 Å². The highest BCUT2D eigenvalue weighted by atomic mass is 16.5. The highest BCUT2D eigenvalue weighted by Crippen LogP contribution is 2.21. The van der Waals surface area contributed by atoms with Crippen LogP contribution in [0.3, 0.4) is 0 Å². The maximum Gasteiger partial charge on any atom is 0.119 e. The van der Waals surface area contributed by atoms with Crippen LogP contribution in [0.2, 0.25) is 0 Å². The van der Waals surface area contributed by atoms with Crippen LogP contribution in [0.1, 0.15) is 6.92 Å². The minimum atomic E-state index is 0.633. The summed E-state index contributed by atoms with van der Waals surface area (Å²) in [5.74, 6) is 0.841. The lowest BCUT2D eigenvalue weighted by Gasteiger charge is -2.23. The number of para-hydroxylation sites is 1. The van der Waals surface area contributed by atoms with Crippen LogP contribution in [0, 0.1) is 0 Å². The van der Waals surface area contributed by atoms with Crippen molar-refractivity contribution in [2.45, 2.75) is 6.92 Å². The van der Waals surface area contributed by atoms with Gasteiger partial charge in [0.2, 0.25) is 0 Å². The molecule has 0 atom stereocenters. The number of azo groups is 1. The van der Waals surface area contributed by atoms with E-state index in [-0.39, 0.29) is 0 Å². The molecular formula is C22H23N3O. The van der Waals surface area contributed by atoms with Gasteiger partial charge < -0.3 is 9.64 Å². The van der Waals surface area contributed by atoms with Crippen molar-refractivity contribution in [2.75, 3.05) is 24.6 Å². The third-order valence-electron chi connectivity index (χ3n) is 4.01. The second-order valence-corrected chi connectivity index (χ2v) is 5.79. The number of benzene rings is 3. The third-order valence-corrected chi connectivity index (χ3v) is 4.01. The first-order chi connectivity index (χ1) is 12.8. The van der Waals surface area contributed by atoms with Gasteiger partial charge in [-0.3, -0.25) is 0 Å². The van der Waals surface area contributed by atoms with Gasteiger partial charge in [0.05, 0.1) is 17.9 Å². The molecule has 3 aromatic carbocycles. The number of anilines is 1. The molecule has 4 nitrogen and oxygen atoms in total. The molecule has 0 unspecified atom stereocenters. The Bertz CT molecular complexity index is 802. The van der Waals surface area contributed by atoms with Gasteiger partial charge in [0.25, 0.3) is 0 Å². The quantitative estimate of drug-likeness (QED) is 0.469. The molecule has 132 valence electrons. The maximum absolute atomic E-state index is 5.86. The molecule has 0 saturated carbocycles. The van der Waals surface area contributed by atoms with Crippen molar-refractivity contribution in [3.05, 3.63) is 84.9 Å². The molecule has 26 heavy (non-hydrogen) atoms. The Morgan fingerprint density at radius 1 is 0.731 bits per heavy atom. The summed E-state index contributed by atoms with van der Waals surface area (Å²) in [7, 11) is 0. The average Bonchev–Trinajstić information content (AvgIpc) is 2.72. The molecule has 0 amide bonds. The fraction of sp³-hybridized carbons (Fsp3) is 0.182. The lowest BCUT2D eigenvalue weighted by atomic mass is 10.3. The Morgan fingerprint density at radius 3 is 1.92 bits per heavy atom. The van der Waals surface area contributed by atoms with E-state index < -0.39 is 0 Å². The molecule has 0 spiro atoms. The van der Waals surface area contributed by atoms with Crippen LogP contribution < -0.4 is 9.64 Å². The molecule has 0 N–H and O–H groups in total. The largest absolute Gasteiger partial charge is 0.492 e. The van der Waals surface area contributed by atoms with E-state index in [2.05, 4.69) is 46.3 Å². The molecule has 4 heteroatoms. The van der Waals surface area contributed by atoms with Crippen molar-refractivity contribution >= 4 is 17.1 Å². The summed E-state index contributed by atoms with van der Waals surface area (Å²) in [5.41, 5.74) is 2.87. The third kappa shape index (κ3) is 5.18. The van der Waals surface area contributed by atoms with Gasteiger partial charge in [0.1, 0.15) is 12.4 Å². The van der Waals surface area contributed by atoms with Crippen LogP contribution in [0.25, 0.3) is 0 Å². The molecule has 0 fully saturated rings. The lowest BCUT2D eigenvalue weighted by Crippen LogP contribution is -2.27. The molecule has 0 bridgehead atoms. The van der Waals surface area contributed by atoms with Crippen molar-refractivity contribution in [3.63, 3.8) is 0 Å². The molecule has 0 aliphatic carbocycles. The van der Waals surface area contributed by atoms with E-state index in [9.17, 15) is 0 Å². The molecular weight excluding hydrogens is 322 g/mol. The number of ether oxygens (including phenoxy) is 1. The van der Waals surface area contributed by atoms with E-state index in [1.54, 1.807) is 0 Å². The summed E-state index contributed by atoms with van der Waals surface area (Å²) in [6.07, 6.45) is 0. The number of hydrogen-bond acceptors (Lipinski definition) is 4. The predicted molar refractivity (Wildman–Crippen MR) is 107 cm³/mol. The van der Waals surface area contributed by atoms with E-state index in [1.807, 2.05) is 60.7 Å². The number of likely N-dealkylation sites (N-methyl/N-ethyl adjacent to an activating group) is 1. The summed E-state index contributed by atoms with van der Waals surface area (Å²) in [4.78, 5) is 2.29. The Morgan fingerprint density at radius 2 is 1.31 bits per heavy atom. The first-order valence-corrected chi connectivity index (χ1v) is 8.85. The SMILES string of the molecule is CCN(CCOc1ccc(N=Nc2ccccc2)cc1)c1ccccc1. The second kappa shape index (κ2) is 9.37. The fourth-order valence-corrected chi connectivity index (χ4v) is 2.60. The van der Waals surface area contributed by atoms with Gasteiger partial charge in [-0.15, -0.1) is 0 Å². The van der Waals surface area contributed by atoms with Crippen LogP contribution in [0.4, 0.5) is 17.1 Å². The van der Waals surface area contributed by atoms with Crippen molar-refractivity contribution in [2.24, 2.45) is 10.2 Å². The van der Waals surface area contributed by atoms with Crippen molar-refractivity contribution in [3.8, 4) is 5.75 Å². The van der Waals surface area contributed by atoms with Gasteiger partial charge in [-0.25, -0.2) is 0 Å². The molecule has 0 heterocycles. The van der Waals surface area contributed by atoms with E-state index in [0.29, 0.717) is 6.61 Å². The Hall–Kier alpha value is -3.14. The zero-order valence-corrected chi connectivity index (χ0v) is 15.0. The average molecular weight is 345 g/mol. The van der Waals surface area contributed by atoms with E-state index >= 15 is 0 Å². The summed E-state index contributed by atoms with van der Waals surface area (Å²) in [5, 5.41) is 8.45. The van der Waals surface area contributed by atoms with E-state index in [1.165, 1.54) is 5.69 Å². The first-order valence-electron chi connectivity index (χ1n) is 8.85. The zero-order valence-electron chi connectivity index (χ0n) is 15.0. The van der Waals surface area contributed by atoms with Crippen LogP contribution >= 0.6 is 0 Å². The van der Waals surface area contributed by atoms with Gasteiger partial charge in [-0.2, -0.15) is 10.2 Å². The zero-order chi connectivity index (χ0) is 18.0. The molecule has 3 rings (SSSR count). The standard InChI is InChI=1S/C22H23N3O/c1-2-25(21-11-7-4-8-12-21)17-18-26-22-15-13-20(14-16-22)24-23-19-9-5-3-6-10-19/h3-16H,2,17-18H2,1H3. The number of nitrogens with zero attached hydrogens (tertiary/aromatic N) is 3. The Balaban J connectivity index is 1.50. The molecule has 0 aromatic heterocycles. The van der Waals surface area contributed by atoms with E-state index in [4.69, 9.17) is 4.74 Å². The minimum Gasteiger partial charge on any atom is -0.492 e. The van der Waals surface area contributed by atoms with Gasteiger partial charge in [-0.1, -0.05) is 36.4 Å². The topological polar surface area (TPSA) is 37.2 Å². The number of hydrogen-bond donors (Lipinski definition) is 0. The summed E-state index contributed by atoms with van der Waals surface area (Å²) >= 11 is 0. The van der Waals surface area contributed by atoms with Gasteiger partial charge in [0.15, 0.2) is 0 Å². The Kier molecular flexibility index (Phi) is 6.37. The smallest absolute Gasteiger partial charge is 0.119 e. The Labute approximate surface area is 154 Å². The summed E-state index contributed by atoms with van der Waals surface area (Å²) < 4.78 is 5.86. The molecule has 0 saturated heterocycles. The van der Waals surface area contributed by atoms with E-state index in [0.717, 1.165) is 30.2 Å². The highest BCUT2D eigenvalue weighted by molar-refractivity contribution is 5.46. The van der Waals surface area contributed by atoms with Crippen LogP contribution in [-0.4, -0.2) is 19.7 Å². The maximum atomic E-state index is 5.86. The van der Waals surface area contributed by atoms with Crippen molar-refractivity contribution in [1.82, 2.24) is 0 Å². The summed E-state index contributed by atoms with van der Waals surface area (Å²) in [6, 6.07) is 27.8. The molecule has 0 aliphatic rings. The van der Waals surface area contributed by atoms with Gasteiger partial charge in [-0.05, 0) is 55.5 Å². The van der Waals surface area contributed by atoms with Crippen molar-refractivity contribution in [1.29, 1.82) is 0 Å². The second-order valence-electron chi connectivity index (χ2n) is 5.79. The van der Waals surface area contributed by atoms with Gasteiger partial charge >= 0.3 is 0 Å². The summed E-state index contributed by atoms with van der Waals surface area (Å²) in [6.45, 7) is 4.58. The van der Waals surface area contributed by atoms with Crippen LogP contribution in [0.5, 0.6) is 5.75 Å². The van der Waals surface area contributed by atoms with Crippen LogP contribution in [-0.2, 0) is 0 Å². The molecule has 0 radical (unpaired) electrons. The van der Waals surface area contributed by atoms with Crippen LogP contribution in [0.15, 0.2) is 95.2 Å². The predicted octanol–water partition coefficient (Wildman–Crippen LogP) is 6.01. The normalized spacial score (nSPS) is 10.8. The number of rotatable bonds is 8. The monoisotopic (exact) mass is 345 g/mol.